The van der Waals surface area contributed by atoms with Crippen molar-refractivity contribution in [3.63, 3.8) is 0 Å². The van der Waals surface area contributed by atoms with Gasteiger partial charge in [-0.2, -0.15) is 0 Å². The summed E-state index contributed by atoms with van der Waals surface area (Å²) in [4.78, 5) is 11.3. The van der Waals surface area contributed by atoms with Gasteiger partial charge in [0.25, 0.3) is 0 Å². The molecule has 3 rings (SSSR count). The Morgan fingerprint density at radius 2 is 1.89 bits per heavy atom. The van der Waals surface area contributed by atoms with Gasteiger partial charge >= 0.3 is 0 Å². The number of benzene rings is 2. The molecule has 19 heavy (non-hydrogen) atoms. The van der Waals surface area contributed by atoms with E-state index >= 15 is 0 Å². The van der Waals surface area contributed by atoms with Gasteiger partial charge in [-0.3, -0.25) is 0 Å². The highest BCUT2D eigenvalue weighted by Crippen LogP contribution is 2.40. The van der Waals surface area contributed by atoms with E-state index < -0.39 is 0 Å². The van der Waals surface area contributed by atoms with Crippen molar-refractivity contribution >= 4 is 16.6 Å². The third kappa shape index (κ3) is 2.17. The van der Waals surface area contributed by atoms with E-state index in [1.54, 1.807) is 6.92 Å². The predicted octanol–water partition coefficient (Wildman–Crippen LogP) is 3.48. The number of Topliss-reactive ketones (excluding diaryl/α,β-unsaturated/α-hetero) is 1. The summed E-state index contributed by atoms with van der Waals surface area (Å²) in [6.07, 6.45) is 1.52. The van der Waals surface area contributed by atoms with E-state index in [4.69, 9.17) is 4.74 Å². The first kappa shape index (κ1) is 12.4. The van der Waals surface area contributed by atoms with E-state index in [0.717, 1.165) is 19.6 Å². The summed E-state index contributed by atoms with van der Waals surface area (Å²) < 4.78 is 5.46. The van der Waals surface area contributed by atoms with Crippen LogP contribution in [0.2, 0.25) is 0 Å². The molecule has 1 heterocycles. The first-order valence-electron chi connectivity index (χ1n) is 6.77. The second kappa shape index (κ2) is 4.78. The normalized spacial score (nSPS) is 17.1. The number of hydrogen-bond acceptors (Lipinski definition) is 2. The van der Waals surface area contributed by atoms with Crippen LogP contribution in [0.25, 0.3) is 10.8 Å². The van der Waals surface area contributed by atoms with E-state index in [-0.39, 0.29) is 11.2 Å². The van der Waals surface area contributed by atoms with Crippen molar-refractivity contribution in [1.29, 1.82) is 0 Å². The number of fused-ring (bicyclic) bond motifs is 1. The number of ether oxygens (including phenoxy) is 1. The summed E-state index contributed by atoms with van der Waals surface area (Å²) in [5.74, 6) is 0.256. The van der Waals surface area contributed by atoms with Gasteiger partial charge < -0.3 is 9.53 Å². The lowest BCUT2D eigenvalue weighted by Gasteiger charge is -2.42. The monoisotopic (exact) mass is 254 g/mol. The van der Waals surface area contributed by atoms with Gasteiger partial charge in [0.1, 0.15) is 5.78 Å². The van der Waals surface area contributed by atoms with Crippen LogP contribution < -0.4 is 0 Å². The summed E-state index contributed by atoms with van der Waals surface area (Å²) in [5.41, 5.74) is 1.37. The highest BCUT2D eigenvalue weighted by molar-refractivity contribution is 5.87. The largest absolute Gasteiger partial charge is 0.379 e. The smallest absolute Gasteiger partial charge is 0.129 e. The molecule has 2 aromatic rings. The molecule has 0 saturated carbocycles. The van der Waals surface area contributed by atoms with Crippen molar-refractivity contribution < 1.29 is 9.53 Å². The summed E-state index contributed by atoms with van der Waals surface area (Å²) >= 11 is 0. The Hall–Kier alpha value is -1.67. The summed E-state index contributed by atoms with van der Waals surface area (Å²) in [6.45, 7) is 3.12. The minimum absolute atomic E-state index is 0.0343. The van der Waals surface area contributed by atoms with Crippen LogP contribution >= 0.6 is 0 Å². The van der Waals surface area contributed by atoms with Gasteiger partial charge in [0.2, 0.25) is 0 Å². The number of carbonyl (C=O) groups is 1. The maximum absolute atomic E-state index is 11.3. The quantitative estimate of drug-likeness (QED) is 0.835. The van der Waals surface area contributed by atoms with Gasteiger partial charge in [-0.1, -0.05) is 42.5 Å². The lowest BCUT2D eigenvalue weighted by Crippen LogP contribution is -2.47. The zero-order chi connectivity index (χ0) is 13.3. The Labute approximate surface area is 113 Å². The number of rotatable bonds is 4. The van der Waals surface area contributed by atoms with E-state index in [0.29, 0.717) is 6.42 Å². The fourth-order valence-electron chi connectivity index (χ4n) is 2.89. The molecular weight excluding hydrogens is 236 g/mol. The summed E-state index contributed by atoms with van der Waals surface area (Å²) in [7, 11) is 0. The number of ketones is 1. The van der Waals surface area contributed by atoms with Crippen LogP contribution in [-0.2, 0) is 14.9 Å². The van der Waals surface area contributed by atoms with Crippen molar-refractivity contribution in [2.75, 3.05) is 13.2 Å². The molecule has 1 aliphatic rings. The summed E-state index contributed by atoms with van der Waals surface area (Å²) in [6, 6.07) is 14.9. The Kier molecular flexibility index (Phi) is 3.11. The van der Waals surface area contributed by atoms with Gasteiger partial charge in [0.15, 0.2) is 0 Å². The fraction of sp³-hybridized carbons (Fsp3) is 0.353. The van der Waals surface area contributed by atoms with Crippen LogP contribution in [0.15, 0.2) is 42.5 Å². The molecule has 98 valence electrons. The molecule has 2 nitrogen and oxygen atoms in total. The molecule has 0 unspecified atom stereocenters. The molecule has 0 N–H and O–H groups in total. The van der Waals surface area contributed by atoms with Crippen LogP contribution in [0, 0.1) is 0 Å². The highest BCUT2D eigenvalue weighted by atomic mass is 16.5. The zero-order valence-electron chi connectivity index (χ0n) is 11.2. The molecule has 0 amide bonds. The van der Waals surface area contributed by atoms with Gasteiger partial charge in [-0.15, -0.1) is 0 Å². The Morgan fingerprint density at radius 1 is 1.16 bits per heavy atom. The number of carbonyl (C=O) groups excluding carboxylic acids is 1. The van der Waals surface area contributed by atoms with E-state index in [1.165, 1.54) is 16.3 Å². The van der Waals surface area contributed by atoms with Crippen molar-refractivity contribution in [3.05, 3.63) is 48.0 Å². The topological polar surface area (TPSA) is 26.3 Å². The van der Waals surface area contributed by atoms with Crippen LogP contribution in [0.3, 0.4) is 0 Å². The Bertz CT molecular complexity index is 606. The van der Waals surface area contributed by atoms with Gasteiger partial charge in [-0.05, 0) is 29.7 Å². The van der Waals surface area contributed by atoms with Crippen molar-refractivity contribution in [2.45, 2.75) is 25.2 Å². The molecule has 0 bridgehead atoms. The van der Waals surface area contributed by atoms with Crippen molar-refractivity contribution in [3.8, 4) is 0 Å². The third-order valence-corrected chi connectivity index (χ3v) is 4.07. The Morgan fingerprint density at radius 3 is 2.58 bits per heavy atom. The van der Waals surface area contributed by atoms with E-state index in [9.17, 15) is 4.79 Å². The molecule has 2 aromatic carbocycles. The lowest BCUT2D eigenvalue weighted by molar-refractivity contribution is -0.119. The minimum atomic E-state index is 0.0343. The van der Waals surface area contributed by atoms with E-state index in [1.807, 2.05) is 0 Å². The number of hydrogen-bond donors (Lipinski definition) is 0. The zero-order valence-corrected chi connectivity index (χ0v) is 11.2. The molecule has 0 aromatic heterocycles. The fourth-order valence-corrected chi connectivity index (χ4v) is 2.89. The second-order valence-electron chi connectivity index (χ2n) is 5.50. The maximum atomic E-state index is 11.3. The van der Waals surface area contributed by atoms with Gasteiger partial charge in [0, 0.05) is 11.8 Å². The lowest BCUT2D eigenvalue weighted by atomic mass is 9.73. The molecule has 0 aliphatic carbocycles. The molecule has 2 heteroatoms. The van der Waals surface area contributed by atoms with Crippen LogP contribution in [0.1, 0.15) is 25.3 Å². The molecule has 0 spiro atoms. The molecule has 0 atom stereocenters. The average molecular weight is 254 g/mol. The second-order valence-corrected chi connectivity index (χ2v) is 5.50. The molecule has 1 fully saturated rings. The van der Waals surface area contributed by atoms with E-state index in [2.05, 4.69) is 42.5 Å². The SMILES string of the molecule is CC(=O)CCC1(c2cccc3ccccc23)COC1. The summed E-state index contributed by atoms with van der Waals surface area (Å²) in [5, 5.41) is 2.55. The average Bonchev–Trinajstić information content (AvgIpc) is 2.37. The molecule has 0 radical (unpaired) electrons. The van der Waals surface area contributed by atoms with Crippen LogP contribution in [0.4, 0.5) is 0 Å². The van der Waals surface area contributed by atoms with Crippen LogP contribution in [0.5, 0.6) is 0 Å². The maximum Gasteiger partial charge on any atom is 0.129 e. The first-order chi connectivity index (χ1) is 9.21. The van der Waals surface area contributed by atoms with Crippen molar-refractivity contribution in [2.24, 2.45) is 0 Å². The van der Waals surface area contributed by atoms with Gasteiger partial charge in [-0.25, -0.2) is 0 Å². The van der Waals surface area contributed by atoms with Gasteiger partial charge in [0.05, 0.1) is 13.2 Å². The standard InChI is InChI=1S/C17H18O2/c1-13(18)9-10-17(11-19-12-17)16-8-4-6-14-5-2-3-7-15(14)16/h2-8H,9-12H2,1H3. The van der Waals surface area contributed by atoms with Crippen molar-refractivity contribution in [1.82, 2.24) is 0 Å². The Balaban J connectivity index is 2.04. The highest BCUT2D eigenvalue weighted by Gasteiger charge is 2.40. The molecule has 1 saturated heterocycles. The minimum Gasteiger partial charge on any atom is -0.379 e. The predicted molar refractivity (Wildman–Crippen MR) is 76.4 cm³/mol. The molecular formula is C17H18O2. The first-order valence-corrected chi connectivity index (χ1v) is 6.77. The van der Waals surface area contributed by atoms with Crippen LogP contribution in [-0.4, -0.2) is 19.0 Å². The molecule has 1 aliphatic heterocycles. The third-order valence-electron chi connectivity index (χ3n) is 4.07.